The second-order valence-corrected chi connectivity index (χ2v) is 7.49. The Morgan fingerprint density at radius 3 is 2.55 bits per heavy atom. The van der Waals surface area contributed by atoms with Crippen molar-refractivity contribution in [3.8, 4) is 17.0 Å². The minimum atomic E-state index is -3.29. The quantitative estimate of drug-likeness (QED) is 0.867. The van der Waals surface area contributed by atoms with Crippen molar-refractivity contribution in [3.05, 3.63) is 36.7 Å². The zero-order valence-electron chi connectivity index (χ0n) is 12.4. The van der Waals surface area contributed by atoms with Gasteiger partial charge < -0.3 is 4.74 Å². The van der Waals surface area contributed by atoms with E-state index in [1.807, 2.05) is 12.1 Å². The first-order valence-corrected chi connectivity index (χ1v) is 9.21. The van der Waals surface area contributed by atoms with Gasteiger partial charge in [0.05, 0.1) is 6.10 Å². The number of hydrogen-bond acceptors (Lipinski definition) is 5. The van der Waals surface area contributed by atoms with Crippen molar-refractivity contribution in [2.45, 2.75) is 36.8 Å². The first-order chi connectivity index (χ1) is 10.5. The van der Waals surface area contributed by atoms with Gasteiger partial charge in [0.2, 0.25) is 0 Å². The maximum Gasteiger partial charge on any atom is 0.192 e. The van der Waals surface area contributed by atoms with Crippen LogP contribution in [0.4, 0.5) is 0 Å². The number of pyridine rings is 2. The van der Waals surface area contributed by atoms with Crippen LogP contribution in [0.15, 0.2) is 41.7 Å². The van der Waals surface area contributed by atoms with Crippen LogP contribution >= 0.6 is 0 Å². The molecule has 5 nitrogen and oxygen atoms in total. The molecular formula is C16H18N2O3S. The second-order valence-electron chi connectivity index (χ2n) is 5.53. The lowest BCUT2D eigenvalue weighted by Gasteiger charge is -2.15. The van der Waals surface area contributed by atoms with Gasteiger partial charge in [-0.3, -0.25) is 4.98 Å². The SMILES string of the molecule is CS(=O)(=O)c1ccc(-c2ncccc2OC2CCCC2)cn1. The van der Waals surface area contributed by atoms with Crippen molar-refractivity contribution in [2.75, 3.05) is 6.26 Å². The molecule has 0 N–H and O–H groups in total. The Balaban J connectivity index is 1.91. The molecule has 0 radical (unpaired) electrons. The maximum atomic E-state index is 11.5. The van der Waals surface area contributed by atoms with E-state index in [2.05, 4.69) is 9.97 Å². The van der Waals surface area contributed by atoms with Gasteiger partial charge in [0.15, 0.2) is 14.9 Å². The Kier molecular flexibility index (Phi) is 4.11. The normalized spacial score (nSPS) is 15.9. The molecule has 22 heavy (non-hydrogen) atoms. The van der Waals surface area contributed by atoms with E-state index in [9.17, 15) is 8.42 Å². The molecule has 2 aromatic heterocycles. The van der Waals surface area contributed by atoms with E-state index in [1.165, 1.54) is 25.1 Å². The van der Waals surface area contributed by atoms with Gasteiger partial charge in [-0.05, 0) is 49.9 Å². The molecule has 116 valence electrons. The highest BCUT2D eigenvalue weighted by atomic mass is 32.2. The summed E-state index contributed by atoms with van der Waals surface area (Å²) in [5, 5.41) is 0.0606. The minimum Gasteiger partial charge on any atom is -0.488 e. The predicted octanol–water partition coefficient (Wildman–Crippen LogP) is 2.87. The van der Waals surface area contributed by atoms with Crippen molar-refractivity contribution in [1.82, 2.24) is 9.97 Å². The molecule has 0 bridgehead atoms. The first kappa shape index (κ1) is 15.0. The van der Waals surface area contributed by atoms with Crippen LogP contribution in [0.1, 0.15) is 25.7 Å². The summed E-state index contributed by atoms with van der Waals surface area (Å²) in [6.45, 7) is 0. The fourth-order valence-corrected chi connectivity index (χ4v) is 3.19. The average molecular weight is 318 g/mol. The summed E-state index contributed by atoms with van der Waals surface area (Å²) >= 11 is 0. The van der Waals surface area contributed by atoms with Gasteiger partial charge in [-0.25, -0.2) is 13.4 Å². The summed E-state index contributed by atoms with van der Waals surface area (Å²) in [6, 6.07) is 6.95. The van der Waals surface area contributed by atoms with Crippen LogP contribution in [-0.4, -0.2) is 30.7 Å². The molecule has 0 unspecified atom stereocenters. The van der Waals surface area contributed by atoms with Gasteiger partial charge in [-0.15, -0.1) is 0 Å². The van der Waals surface area contributed by atoms with E-state index in [-0.39, 0.29) is 11.1 Å². The highest BCUT2D eigenvalue weighted by molar-refractivity contribution is 7.90. The van der Waals surface area contributed by atoms with Gasteiger partial charge in [0, 0.05) is 24.2 Å². The summed E-state index contributed by atoms with van der Waals surface area (Å²) in [5.41, 5.74) is 1.45. The molecule has 1 fully saturated rings. The Bertz CT molecular complexity index is 751. The first-order valence-electron chi connectivity index (χ1n) is 7.32. The van der Waals surface area contributed by atoms with Crippen LogP contribution < -0.4 is 4.74 Å². The lowest BCUT2D eigenvalue weighted by molar-refractivity contribution is 0.210. The van der Waals surface area contributed by atoms with Crippen molar-refractivity contribution < 1.29 is 13.2 Å². The molecule has 2 aromatic rings. The number of hydrogen-bond donors (Lipinski definition) is 0. The predicted molar refractivity (Wildman–Crippen MR) is 83.5 cm³/mol. The van der Waals surface area contributed by atoms with Crippen LogP contribution in [0.25, 0.3) is 11.3 Å². The van der Waals surface area contributed by atoms with Gasteiger partial charge in [-0.1, -0.05) is 0 Å². The maximum absolute atomic E-state index is 11.5. The summed E-state index contributed by atoms with van der Waals surface area (Å²) in [4.78, 5) is 8.38. The molecule has 0 spiro atoms. The molecule has 1 saturated carbocycles. The van der Waals surface area contributed by atoms with E-state index >= 15 is 0 Å². The van der Waals surface area contributed by atoms with Crippen molar-refractivity contribution >= 4 is 9.84 Å². The molecular weight excluding hydrogens is 300 g/mol. The monoisotopic (exact) mass is 318 g/mol. The molecule has 0 saturated heterocycles. The topological polar surface area (TPSA) is 69.2 Å². The summed E-state index contributed by atoms with van der Waals surface area (Å²) in [7, 11) is -3.29. The third-order valence-electron chi connectivity index (χ3n) is 3.76. The number of sulfone groups is 1. The standard InChI is InChI=1S/C16H18N2O3S/c1-22(19,20)15-9-8-12(11-18-15)16-14(7-4-10-17-16)21-13-5-2-3-6-13/h4,7-11,13H,2-3,5-6H2,1H3. The molecule has 1 aliphatic rings. The smallest absolute Gasteiger partial charge is 0.192 e. The van der Waals surface area contributed by atoms with E-state index < -0.39 is 9.84 Å². The number of nitrogens with zero attached hydrogens (tertiary/aromatic N) is 2. The van der Waals surface area contributed by atoms with Crippen molar-refractivity contribution in [2.24, 2.45) is 0 Å². The zero-order valence-corrected chi connectivity index (χ0v) is 13.2. The van der Waals surface area contributed by atoms with Crippen LogP contribution in [0, 0.1) is 0 Å². The lowest BCUT2D eigenvalue weighted by Crippen LogP contribution is -2.11. The highest BCUT2D eigenvalue weighted by Gasteiger charge is 2.19. The zero-order chi connectivity index (χ0) is 15.6. The highest BCUT2D eigenvalue weighted by Crippen LogP contribution is 2.31. The molecule has 2 heterocycles. The largest absolute Gasteiger partial charge is 0.488 e. The van der Waals surface area contributed by atoms with Crippen LogP contribution in [0.2, 0.25) is 0 Å². The summed E-state index contributed by atoms with van der Waals surface area (Å²) in [6.07, 6.45) is 9.15. The van der Waals surface area contributed by atoms with Gasteiger partial charge >= 0.3 is 0 Å². The molecule has 0 aromatic carbocycles. The molecule has 0 aliphatic heterocycles. The minimum absolute atomic E-state index is 0.0606. The van der Waals surface area contributed by atoms with Crippen LogP contribution in [0.3, 0.4) is 0 Å². The lowest BCUT2D eigenvalue weighted by atomic mass is 10.1. The fourth-order valence-electron chi connectivity index (χ4n) is 2.63. The molecule has 0 amide bonds. The van der Waals surface area contributed by atoms with E-state index in [4.69, 9.17) is 4.74 Å². The number of aromatic nitrogens is 2. The Hall–Kier alpha value is -1.95. The second kappa shape index (κ2) is 6.04. The average Bonchev–Trinajstić information content (AvgIpc) is 3.00. The molecule has 3 rings (SSSR count). The summed E-state index contributed by atoms with van der Waals surface area (Å²) in [5.74, 6) is 0.725. The van der Waals surface area contributed by atoms with Gasteiger partial charge in [-0.2, -0.15) is 0 Å². The Morgan fingerprint density at radius 2 is 1.91 bits per heavy atom. The number of ether oxygens (including phenoxy) is 1. The van der Waals surface area contributed by atoms with Gasteiger partial charge in [0.25, 0.3) is 0 Å². The van der Waals surface area contributed by atoms with Gasteiger partial charge in [0.1, 0.15) is 11.4 Å². The van der Waals surface area contributed by atoms with Crippen LogP contribution in [-0.2, 0) is 9.84 Å². The molecule has 0 atom stereocenters. The third-order valence-corrected chi connectivity index (χ3v) is 4.76. The van der Waals surface area contributed by atoms with E-state index in [1.54, 1.807) is 12.3 Å². The Labute approximate surface area is 130 Å². The van der Waals surface area contributed by atoms with Crippen molar-refractivity contribution in [1.29, 1.82) is 0 Å². The third kappa shape index (κ3) is 3.27. The number of rotatable bonds is 4. The van der Waals surface area contributed by atoms with Crippen LogP contribution in [0.5, 0.6) is 5.75 Å². The fraction of sp³-hybridized carbons (Fsp3) is 0.375. The summed E-state index contributed by atoms with van der Waals surface area (Å²) < 4.78 is 29.0. The van der Waals surface area contributed by atoms with E-state index in [0.717, 1.165) is 30.4 Å². The van der Waals surface area contributed by atoms with Crippen molar-refractivity contribution in [3.63, 3.8) is 0 Å². The van der Waals surface area contributed by atoms with E-state index in [0.29, 0.717) is 5.69 Å². The molecule has 6 heteroatoms. The Morgan fingerprint density at radius 1 is 1.14 bits per heavy atom. The molecule has 1 aliphatic carbocycles.